The van der Waals surface area contributed by atoms with Gasteiger partial charge in [0.15, 0.2) is 11.9 Å². The van der Waals surface area contributed by atoms with Gasteiger partial charge < -0.3 is 24.0 Å². The van der Waals surface area contributed by atoms with Gasteiger partial charge in [-0.2, -0.15) is 4.57 Å². The van der Waals surface area contributed by atoms with Gasteiger partial charge in [0.1, 0.15) is 0 Å². The topological polar surface area (TPSA) is 20.9 Å². The molecule has 2 aromatic carbocycles. The van der Waals surface area contributed by atoms with E-state index in [9.17, 15) is 4.79 Å². The van der Waals surface area contributed by atoms with Crippen LogP contribution in [0.5, 0.6) is 0 Å². The van der Waals surface area contributed by atoms with E-state index in [1.165, 1.54) is 16.3 Å². The molecule has 1 atom stereocenters. The monoisotopic (exact) mass is 415 g/mol. The lowest BCUT2D eigenvalue weighted by Gasteiger charge is -2.20. The third kappa shape index (κ3) is 2.78. The number of halogens is 1. The van der Waals surface area contributed by atoms with Crippen LogP contribution in [0, 0.1) is 6.92 Å². The smallest absolute Gasteiger partial charge is 0.230 e. The van der Waals surface area contributed by atoms with Gasteiger partial charge in [-0.1, -0.05) is 42.5 Å². The molecule has 1 aliphatic rings. The third-order valence-corrected chi connectivity index (χ3v) is 4.65. The van der Waals surface area contributed by atoms with Gasteiger partial charge in [0.2, 0.25) is 11.8 Å². The zero-order chi connectivity index (χ0) is 15.1. The van der Waals surface area contributed by atoms with Gasteiger partial charge in [-0.25, -0.2) is 0 Å². The zero-order valence-corrected chi connectivity index (χ0v) is 15.2. The first-order valence-electron chi connectivity index (χ1n) is 7.77. The Hall–Kier alpha value is -1.75. The summed E-state index contributed by atoms with van der Waals surface area (Å²) in [6.07, 6.45) is 3.96. The fraction of sp³-hybridized carbons (Fsp3) is 0.200. The highest BCUT2D eigenvalue weighted by Gasteiger charge is 2.35. The van der Waals surface area contributed by atoms with E-state index in [1.807, 2.05) is 30.3 Å². The molecular weight excluding hydrogens is 397 g/mol. The molecule has 1 aliphatic carbocycles. The van der Waals surface area contributed by atoms with Gasteiger partial charge in [0.25, 0.3) is 0 Å². The number of carbonyl (C=O) groups is 1. The molecule has 4 rings (SSSR count). The van der Waals surface area contributed by atoms with Gasteiger partial charge in [0.05, 0.1) is 0 Å². The number of hydrogen-bond donors (Lipinski definition) is 0. The Labute approximate surface area is 153 Å². The van der Waals surface area contributed by atoms with E-state index >= 15 is 0 Å². The lowest BCUT2D eigenvalue weighted by molar-refractivity contribution is -0.713. The molecule has 0 N–H and O–H groups in total. The summed E-state index contributed by atoms with van der Waals surface area (Å²) in [5.41, 5.74) is 3.21. The van der Waals surface area contributed by atoms with Crippen LogP contribution in [0.1, 0.15) is 34.1 Å². The summed E-state index contributed by atoms with van der Waals surface area (Å²) < 4.78 is 2.15. The van der Waals surface area contributed by atoms with Crippen LogP contribution in [-0.2, 0) is 6.42 Å². The van der Waals surface area contributed by atoms with Crippen molar-refractivity contribution in [1.82, 2.24) is 0 Å². The molecule has 0 saturated carbocycles. The molecule has 0 saturated heterocycles. The van der Waals surface area contributed by atoms with Gasteiger partial charge in [-0.15, -0.1) is 0 Å². The molecule has 0 fully saturated rings. The maximum atomic E-state index is 12.9. The molecule has 0 spiro atoms. The average Bonchev–Trinajstić information content (AvgIpc) is 2.55. The molecule has 1 unspecified atom stereocenters. The fourth-order valence-corrected chi connectivity index (χ4v) is 3.49. The van der Waals surface area contributed by atoms with Gasteiger partial charge in [-0.05, 0) is 23.4 Å². The standard InChI is InChI=1S/C20H18NO.HI/c1-14-12-16-7-2-3-8-17(16)13-21(14)19-11-10-15-6-4-5-9-18(15)20(19)22;/h2-9,12-13,19H,10-11H2,1H3;1H/q+1;/p-1. The molecular formula is C20H18INO. The zero-order valence-electron chi connectivity index (χ0n) is 13.0. The highest BCUT2D eigenvalue weighted by atomic mass is 127. The lowest BCUT2D eigenvalue weighted by atomic mass is 9.86. The van der Waals surface area contributed by atoms with Crippen LogP contribution in [0.15, 0.2) is 60.8 Å². The minimum atomic E-state index is -0.0838. The SMILES string of the molecule is Cc1cc2ccccc2c[n+]1C1CCc2ccccc2C1=O.[I-]. The Kier molecular flexibility index (Phi) is 4.48. The maximum absolute atomic E-state index is 12.9. The number of rotatable bonds is 1. The van der Waals surface area contributed by atoms with Crippen molar-refractivity contribution < 1.29 is 33.3 Å². The van der Waals surface area contributed by atoms with Crippen LogP contribution < -0.4 is 28.5 Å². The number of benzene rings is 2. The van der Waals surface area contributed by atoms with Crippen molar-refractivity contribution in [3.8, 4) is 0 Å². The molecule has 116 valence electrons. The molecule has 23 heavy (non-hydrogen) atoms. The number of aryl methyl sites for hydroxylation is 2. The van der Waals surface area contributed by atoms with Crippen molar-refractivity contribution in [2.24, 2.45) is 0 Å². The van der Waals surface area contributed by atoms with E-state index in [0.717, 1.165) is 24.1 Å². The van der Waals surface area contributed by atoms with Crippen molar-refractivity contribution in [3.63, 3.8) is 0 Å². The van der Waals surface area contributed by atoms with Crippen LogP contribution in [0.4, 0.5) is 0 Å². The molecule has 3 heteroatoms. The summed E-state index contributed by atoms with van der Waals surface area (Å²) in [4.78, 5) is 12.9. The normalized spacial score (nSPS) is 16.7. The average molecular weight is 415 g/mol. The summed E-state index contributed by atoms with van der Waals surface area (Å²) in [5, 5.41) is 2.40. The van der Waals surface area contributed by atoms with Crippen LogP contribution in [0.25, 0.3) is 10.8 Å². The quantitative estimate of drug-likeness (QED) is 0.426. The largest absolute Gasteiger partial charge is 1.00 e. The van der Waals surface area contributed by atoms with Crippen LogP contribution in [0.2, 0.25) is 0 Å². The maximum Gasteiger partial charge on any atom is 0.230 e. The number of pyridine rings is 1. The summed E-state index contributed by atoms with van der Waals surface area (Å²) in [6.45, 7) is 2.08. The van der Waals surface area contributed by atoms with Crippen molar-refractivity contribution in [1.29, 1.82) is 0 Å². The van der Waals surface area contributed by atoms with Crippen molar-refractivity contribution in [2.45, 2.75) is 25.8 Å². The van der Waals surface area contributed by atoms with E-state index in [0.29, 0.717) is 0 Å². The molecule has 0 bridgehead atoms. The number of Topliss-reactive ketones (excluding diaryl/α,β-unsaturated/α-hetero) is 1. The van der Waals surface area contributed by atoms with Crippen LogP contribution in [0.3, 0.4) is 0 Å². The summed E-state index contributed by atoms with van der Waals surface area (Å²) >= 11 is 0. The highest BCUT2D eigenvalue weighted by Crippen LogP contribution is 2.26. The Morgan fingerprint density at radius 2 is 1.70 bits per heavy atom. The lowest BCUT2D eigenvalue weighted by Crippen LogP contribution is -3.00. The van der Waals surface area contributed by atoms with Crippen LogP contribution in [-0.4, -0.2) is 5.78 Å². The Bertz CT molecular complexity index is 888. The number of nitrogens with zero attached hydrogens (tertiary/aromatic N) is 1. The molecule has 1 heterocycles. The van der Waals surface area contributed by atoms with Gasteiger partial charge >= 0.3 is 0 Å². The molecule has 0 aliphatic heterocycles. The van der Waals surface area contributed by atoms with Crippen molar-refractivity contribution in [3.05, 3.63) is 77.6 Å². The number of fused-ring (bicyclic) bond motifs is 2. The Morgan fingerprint density at radius 3 is 2.52 bits per heavy atom. The second kappa shape index (κ2) is 6.40. The highest BCUT2D eigenvalue weighted by molar-refractivity contribution is 6.00. The third-order valence-electron chi connectivity index (χ3n) is 4.65. The molecule has 2 nitrogen and oxygen atoms in total. The van der Waals surface area contributed by atoms with Crippen molar-refractivity contribution >= 4 is 16.6 Å². The molecule has 0 amide bonds. The van der Waals surface area contributed by atoms with E-state index in [-0.39, 0.29) is 35.8 Å². The number of carbonyl (C=O) groups excluding carboxylic acids is 1. The first-order valence-corrected chi connectivity index (χ1v) is 7.77. The summed E-state index contributed by atoms with van der Waals surface area (Å²) in [7, 11) is 0. The molecule has 0 radical (unpaired) electrons. The van der Waals surface area contributed by atoms with E-state index in [4.69, 9.17) is 0 Å². The minimum Gasteiger partial charge on any atom is -1.00 e. The van der Waals surface area contributed by atoms with Gasteiger partial charge in [0, 0.05) is 30.4 Å². The second-order valence-corrected chi connectivity index (χ2v) is 6.03. The fourth-order valence-electron chi connectivity index (χ4n) is 3.49. The van der Waals surface area contributed by atoms with E-state index in [2.05, 4.69) is 42.0 Å². The molecule has 1 aromatic heterocycles. The Morgan fingerprint density at radius 1 is 1.00 bits per heavy atom. The minimum absolute atomic E-state index is 0. The number of aromatic nitrogens is 1. The predicted molar refractivity (Wildman–Crippen MR) is 87.0 cm³/mol. The first-order chi connectivity index (χ1) is 10.7. The summed E-state index contributed by atoms with van der Waals surface area (Å²) in [6, 6.07) is 18.4. The Balaban J connectivity index is 0.00000156. The number of ketones is 1. The van der Waals surface area contributed by atoms with Crippen molar-refractivity contribution in [2.75, 3.05) is 0 Å². The van der Waals surface area contributed by atoms with E-state index in [1.54, 1.807) is 0 Å². The molecule has 3 aromatic rings. The first kappa shape index (κ1) is 16.1. The summed E-state index contributed by atoms with van der Waals surface area (Å²) in [5.74, 6) is 0.241. The van der Waals surface area contributed by atoms with Crippen LogP contribution >= 0.6 is 0 Å². The number of hydrogen-bond acceptors (Lipinski definition) is 1. The van der Waals surface area contributed by atoms with E-state index < -0.39 is 0 Å². The predicted octanol–water partition coefficient (Wildman–Crippen LogP) is 0.810. The van der Waals surface area contributed by atoms with Gasteiger partial charge in [-0.3, -0.25) is 4.79 Å². The second-order valence-electron chi connectivity index (χ2n) is 6.03.